The Morgan fingerprint density at radius 2 is 2.00 bits per heavy atom. The topological polar surface area (TPSA) is 119 Å². The molecule has 1 aromatic heterocycles. The normalized spacial score (nSPS) is 16.3. The zero-order valence-corrected chi connectivity index (χ0v) is 20.5. The Labute approximate surface area is 204 Å². The molecule has 4 rings (SSSR count). The predicted octanol–water partition coefficient (Wildman–Crippen LogP) is 4.99. The van der Waals surface area contributed by atoms with E-state index in [1.807, 2.05) is 44.2 Å². The van der Waals surface area contributed by atoms with Gasteiger partial charge in [0.25, 0.3) is 0 Å². The number of carboxylic acid groups (broad SMARTS) is 1. The lowest BCUT2D eigenvalue weighted by molar-refractivity contribution is 0.0170. The van der Waals surface area contributed by atoms with Gasteiger partial charge in [0.1, 0.15) is 23.8 Å². The summed E-state index contributed by atoms with van der Waals surface area (Å²) >= 11 is 0. The first-order valence-electron chi connectivity index (χ1n) is 11.5. The van der Waals surface area contributed by atoms with Crippen LogP contribution in [0.4, 0.5) is 4.79 Å². The fraction of sp³-hybridized carbons (Fsp3) is 0.360. The first-order valence-corrected chi connectivity index (χ1v) is 12.9. The molecule has 0 spiro atoms. The van der Waals surface area contributed by atoms with E-state index in [1.54, 1.807) is 12.1 Å². The Bertz CT molecular complexity index is 1290. The molecule has 0 bridgehead atoms. The van der Waals surface area contributed by atoms with Crippen molar-refractivity contribution in [2.75, 3.05) is 6.54 Å². The number of carbonyl (C=O) groups is 1. The zero-order chi connectivity index (χ0) is 25.0. The van der Waals surface area contributed by atoms with Gasteiger partial charge in [-0.25, -0.2) is 18.2 Å². The van der Waals surface area contributed by atoms with Gasteiger partial charge in [-0.05, 0) is 55.7 Å². The molecule has 1 saturated heterocycles. The maximum Gasteiger partial charge on any atom is 0.507 e. The minimum absolute atomic E-state index is 0.0816. The summed E-state index contributed by atoms with van der Waals surface area (Å²) in [5.74, 6) is 1.73. The lowest BCUT2D eigenvalue weighted by Crippen LogP contribution is -2.38. The third-order valence-electron chi connectivity index (χ3n) is 5.82. The van der Waals surface area contributed by atoms with Crippen molar-refractivity contribution in [2.45, 2.75) is 57.3 Å². The summed E-state index contributed by atoms with van der Waals surface area (Å²) in [6.45, 7) is 4.20. The van der Waals surface area contributed by atoms with E-state index in [2.05, 4.69) is 4.98 Å². The van der Waals surface area contributed by atoms with Crippen LogP contribution in [0.25, 0.3) is 11.5 Å². The zero-order valence-electron chi connectivity index (χ0n) is 19.6. The number of ether oxygens (including phenoxy) is 2. The molecular formula is C25H28N2O7S. The third-order valence-corrected chi connectivity index (χ3v) is 7.71. The van der Waals surface area contributed by atoms with E-state index in [0.29, 0.717) is 42.4 Å². The lowest BCUT2D eigenvalue weighted by atomic mass is 10.1. The van der Waals surface area contributed by atoms with Gasteiger partial charge in [0.2, 0.25) is 15.9 Å². The second-order valence-corrected chi connectivity index (χ2v) is 10.2. The summed E-state index contributed by atoms with van der Waals surface area (Å²) in [7, 11) is -3.93. The molecule has 9 nitrogen and oxygen atoms in total. The predicted molar refractivity (Wildman–Crippen MR) is 127 cm³/mol. The average molecular weight is 501 g/mol. The fourth-order valence-corrected chi connectivity index (χ4v) is 5.72. The van der Waals surface area contributed by atoms with Crippen LogP contribution in [0, 0.1) is 6.92 Å². The quantitative estimate of drug-likeness (QED) is 0.408. The van der Waals surface area contributed by atoms with Crippen LogP contribution in [0.5, 0.6) is 5.75 Å². The number of aromatic nitrogens is 1. The monoisotopic (exact) mass is 500 g/mol. The van der Waals surface area contributed by atoms with Crippen LogP contribution in [-0.4, -0.2) is 41.7 Å². The summed E-state index contributed by atoms with van der Waals surface area (Å²) < 4.78 is 44.2. The van der Waals surface area contributed by atoms with E-state index in [9.17, 15) is 13.2 Å². The molecule has 3 aromatic rings. The second-order valence-electron chi connectivity index (χ2n) is 8.29. The fourth-order valence-electron chi connectivity index (χ4n) is 4.09. The van der Waals surface area contributed by atoms with E-state index in [1.165, 1.54) is 6.07 Å². The van der Waals surface area contributed by atoms with E-state index in [4.69, 9.17) is 19.0 Å². The van der Waals surface area contributed by atoms with Crippen LogP contribution in [0.2, 0.25) is 0 Å². The first kappa shape index (κ1) is 24.7. The van der Waals surface area contributed by atoms with Gasteiger partial charge in [0.05, 0.1) is 4.90 Å². The lowest BCUT2D eigenvalue weighted by Gasteiger charge is -2.23. The second kappa shape index (κ2) is 10.5. The number of nitrogens with zero attached hydrogens (tertiary/aromatic N) is 2. The smallest absolute Gasteiger partial charge is 0.487 e. The van der Waals surface area contributed by atoms with Crippen LogP contribution in [0.1, 0.15) is 43.2 Å². The van der Waals surface area contributed by atoms with Crippen molar-refractivity contribution >= 4 is 16.2 Å². The van der Waals surface area contributed by atoms with E-state index < -0.39 is 22.4 Å². The largest absolute Gasteiger partial charge is 0.507 e. The van der Waals surface area contributed by atoms with Crippen LogP contribution >= 0.6 is 0 Å². The SMILES string of the molecule is CCCc1cc(S(=O)(=O)N2CCC[C@H]2OC(=O)O)ccc1OCc1nc(-c2ccccc2)oc1C. The Morgan fingerprint density at radius 3 is 2.71 bits per heavy atom. The molecular weight excluding hydrogens is 472 g/mol. The van der Waals surface area contributed by atoms with Crippen molar-refractivity contribution in [1.29, 1.82) is 0 Å². The molecule has 0 aliphatic carbocycles. The van der Waals surface area contributed by atoms with Crippen molar-refractivity contribution in [3.63, 3.8) is 0 Å². The molecule has 1 aliphatic rings. The summed E-state index contributed by atoms with van der Waals surface area (Å²) in [6, 6.07) is 14.3. The van der Waals surface area contributed by atoms with Crippen LogP contribution in [-0.2, 0) is 27.8 Å². The molecule has 0 saturated carbocycles. The number of aryl methyl sites for hydroxylation is 2. The molecule has 0 unspecified atom stereocenters. The Balaban J connectivity index is 1.54. The van der Waals surface area contributed by atoms with Gasteiger partial charge in [0.15, 0.2) is 6.23 Å². The van der Waals surface area contributed by atoms with Gasteiger partial charge >= 0.3 is 6.16 Å². The van der Waals surface area contributed by atoms with Crippen LogP contribution in [0.3, 0.4) is 0 Å². The van der Waals surface area contributed by atoms with Crippen molar-refractivity contribution < 1.29 is 32.2 Å². The maximum atomic E-state index is 13.2. The Morgan fingerprint density at radius 1 is 1.23 bits per heavy atom. The molecule has 35 heavy (non-hydrogen) atoms. The molecule has 1 N–H and O–H groups in total. The molecule has 10 heteroatoms. The average Bonchev–Trinajstić information content (AvgIpc) is 3.45. The van der Waals surface area contributed by atoms with Gasteiger partial charge in [-0.2, -0.15) is 4.31 Å². The van der Waals surface area contributed by atoms with Crippen molar-refractivity contribution in [3.05, 3.63) is 65.5 Å². The first-order chi connectivity index (χ1) is 16.8. The number of sulfonamides is 1. The summed E-state index contributed by atoms with van der Waals surface area (Å²) in [6.07, 6.45) is -0.252. The Hall–Kier alpha value is -3.37. The molecule has 1 atom stereocenters. The molecule has 0 radical (unpaired) electrons. The molecule has 0 amide bonds. The number of rotatable bonds is 9. The number of hydrogen-bond acceptors (Lipinski definition) is 7. The molecule has 2 aromatic carbocycles. The summed E-state index contributed by atoms with van der Waals surface area (Å²) in [4.78, 5) is 15.6. The van der Waals surface area contributed by atoms with Gasteiger partial charge in [-0.1, -0.05) is 31.5 Å². The van der Waals surface area contributed by atoms with Crippen LogP contribution in [0.15, 0.2) is 57.8 Å². The molecule has 186 valence electrons. The van der Waals surface area contributed by atoms with Gasteiger partial charge in [0, 0.05) is 18.5 Å². The maximum absolute atomic E-state index is 13.2. The minimum atomic E-state index is -3.93. The van der Waals surface area contributed by atoms with Gasteiger partial charge < -0.3 is 19.0 Å². The Kier molecular flexibility index (Phi) is 7.42. The summed E-state index contributed by atoms with van der Waals surface area (Å²) in [5.41, 5.74) is 2.27. The van der Waals surface area contributed by atoms with Gasteiger partial charge in [-0.3, -0.25) is 0 Å². The van der Waals surface area contributed by atoms with E-state index >= 15 is 0 Å². The van der Waals surface area contributed by atoms with Crippen molar-refractivity contribution in [2.24, 2.45) is 0 Å². The summed E-state index contributed by atoms with van der Waals surface area (Å²) in [5, 5.41) is 8.95. The van der Waals surface area contributed by atoms with Crippen molar-refractivity contribution in [1.82, 2.24) is 9.29 Å². The molecule has 1 fully saturated rings. The highest BCUT2D eigenvalue weighted by Gasteiger charge is 2.38. The van der Waals surface area contributed by atoms with Gasteiger partial charge in [-0.15, -0.1) is 0 Å². The standard InChI is InChI=1S/C25H28N2O7S/c1-3-8-19-15-20(35(30,31)27-14-7-11-23(27)34-25(28)29)12-13-22(19)32-16-21-17(2)33-24(26-21)18-9-5-4-6-10-18/h4-6,9-10,12-13,15,23H,3,7-8,11,14,16H2,1-2H3,(H,28,29)/t23-/m1/s1. The number of oxazole rings is 1. The van der Waals surface area contributed by atoms with E-state index in [-0.39, 0.29) is 18.0 Å². The molecule has 2 heterocycles. The molecule has 1 aliphatic heterocycles. The van der Waals surface area contributed by atoms with Crippen molar-refractivity contribution in [3.8, 4) is 17.2 Å². The minimum Gasteiger partial charge on any atom is -0.487 e. The van der Waals surface area contributed by atoms with E-state index in [0.717, 1.165) is 21.9 Å². The van der Waals surface area contributed by atoms with Crippen LogP contribution < -0.4 is 4.74 Å². The number of benzene rings is 2. The highest BCUT2D eigenvalue weighted by atomic mass is 32.2. The number of hydrogen-bond donors (Lipinski definition) is 1. The highest BCUT2D eigenvalue weighted by molar-refractivity contribution is 7.89. The highest BCUT2D eigenvalue weighted by Crippen LogP contribution is 2.31. The third kappa shape index (κ3) is 5.49.